The van der Waals surface area contributed by atoms with Crippen molar-refractivity contribution in [2.75, 3.05) is 13.2 Å². The molecule has 0 unspecified atom stereocenters. The molecule has 1 aliphatic rings. The average molecular weight is 254 g/mol. The molecule has 2 rings (SSSR count). The van der Waals surface area contributed by atoms with Crippen molar-refractivity contribution in [1.29, 1.82) is 0 Å². The molecular formula is C14H20ClNO. The minimum Gasteiger partial charge on any atom is -0.377 e. The second-order valence-electron chi connectivity index (χ2n) is 4.61. The second kappa shape index (κ2) is 7.00. The molecule has 0 aliphatic carbocycles. The Morgan fingerprint density at radius 1 is 1.24 bits per heavy atom. The lowest BCUT2D eigenvalue weighted by molar-refractivity contribution is 0.108. The topological polar surface area (TPSA) is 21.3 Å². The van der Waals surface area contributed by atoms with Gasteiger partial charge < -0.3 is 10.1 Å². The molecule has 2 nitrogen and oxygen atoms in total. The first kappa shape index (κ1) is 12.9. The van der Waals surface area contributed by atoms with Crippen molar-refractivity contribution < 1.29 is 4.74 Å². The van der Waals surface area contributed by atoms with Crippen molar-refractivity contribution in [1.82, 2.24) is 5.32 Å². The van der Waals surface area contributed by atoms with Gasteiger partial charge >= 0.3 is 0 Å². The van der Waals surface area contributed by atoms with Crippen molar-refractivity contribution >= 4 is 11.6 Å². The molecule has 0 amide bonds. The Bertz CT molecular complexity index is 319. The summed E-state index contributed by atoms with van der Waals surface area (Å²) in [5.74, 6) is 0. The van der Waals surface area contributed by atoms with Crippen LogP contribution in [0.15, 0.2) is 24.3 Å². The number of hydrogen-bond acceptors (Lipinski definition) is 2. The maximum Gasteiger partial charge on any atom is 0.0716 e. The van der Waals surface area contributed by atoms with Crippen molar-refractivity contribution in [3.8, 4) is 0 Å². The summed E-state index contributed by atoms with van der Waals surface area (Å²) < 4.78 is 5.68. The van der Waals surface area contributed by atoms with Crippen molar-refractivity contribution in [3.63, 3.8) is 0 Å². The van der Waals surface area contributed by atoms with Gasteiger partial charge in [0.05, 0.1) is 6.61 Å². The molecular weight excluding hydrogens is 234 g/mol. The largest absolute Gasteiger partial charge is 0.377 e. The summed E-state index contributed by atoms with van der Waals surface area (Å²) in [6.07, 6.45) is 5.09. The van der Waals surface area contributed by atoms with Gasteiger partial charge in [-0.05, 0) is 43.5 Å². The van der Waals surface area contributed by atoms with Gasteiger partial charge in [-0.25, -0.2) is 0 Å². The Hall–Kier alpha value is -0.570. The maximum atomic E-state index is 5.83. The molecule has 1 aromatic rings. The average Bonchev–Trinajstić information content (AvgIpc) is 2.38. The molecule has 1 saturated heterocycles. The third kappa shape index (κ3) is 4.66. The molecule has 0 bridgehead atoms. The molecule has 0 spiro atoms. The minimum absolute atomic E-state index is 0.661. The number of hydrogen-bond donors (Lipinski definition) is 1. The highest BCUT2D eigenvalue weighted by Crippen LogP contribution is 2.12. The normalized spacial score (nSPS) is 20.4. The van der Waals surface area contributed by atoms with Crippen LogP contribution in [0.25, 0.3) is 0 Å². The molecule has 3 heteroatoms. The van der Waals surface area contributed by atoms with Crippen LogP contribution in [0.2, 0.25) is 5.02 Å². The lowest BCUT2D eigenvalue weighted by Crippen LogP contribution is -2.34. The van der Waals surface area contributed by atoms with E-state index in [0.717, 1.165) is 18.1 Å². The van der Waals surface area contributed by atoms with E-state index >= 15 is 0 Å². The zero-order chi connectivity index (χ0) is 11.9. The Kier molecular flexibility index (Phi) is 5.30. The molecule has 1 aliphatic heterocycles. The van der Waals surface area contributed by atoms with E-state index in [9.17, 15) is 0 Å². The summed E-state index contributed by atoms with van der Waals surface area (Å²) in [5, 5.41) is 4.31. The number of nitrogens with one attached hydrogen (secondary N) is 1. The fourth-order valence-corrected chi connectivity index (χ4v) is 2.29. The van der Waals surface area contributed by atoms with Crippen LogP contribution in [-0.4, -0.2) is 19.2 Å². The lowest BCUT2D eigenvalue weighted by Gasteiger charge is -2.23. The molecule has 1 N–H and O–H groups in total. The Morgan fingerprint density at radius 2 is 2.06 bits per heavy atom. The van der Waals surface area contributed by atoms with Gasteiger partial charge in [0.25, 0.3) is 0 Å². The molecule has 1 atom stereocenters. The summed E-state index contributed by atoms with van der Waals surface area (Å²) in [5.41, 5.74) is 1.19. The molecule has 17 heavy (non-hydrogen) atoms. The first-order valence-corrected chi connectivity index (χ1v) is 6.78. The van der Waals surface area contributed by atoms with Crippen LogP contribution in [0.5, 0.6) is 0 Å². The Morgan fingerprint density at radius 3 is 2.76 bits per heavy atom. The number of ether oxygens (including phenoxy) is 1. The van der Waals surface area contributed by atoms with Crippen LogP contribution >= 0.6 is 11.6 Å². The number of benzene rings is 1. The van der Waals surface area contributed by atoms with Crippen LogP contribution < -0.4 is 5.32 Å². The fourth-order valence-electron chi connectivity index (χ4n) is 2.17. The molecule has 0 aromatic heterocycles. The van der Waals surface area contributed by atoms with Crippen molar-refractivity contribution in [2.24, 2.45) is 0 Å². The standard InChI is InChI=1S/C14H20ClNO/c15-13-6-4-12(5-7-13)11-17-10-8-14-3-1-2-9-16-14/h4-7,14,16H,1-3,8-11H2/t14-/m0/s1. The lowest BCUT2D eigenvalue weighted by atomic mass is 10.0. The van der Waals surface area contributed by atoms with E-state index < -0.39 is 0 Å². The van der Waals surface area contributed by atoms with E-state index in [1.807, 2.05) is 24.3 Å². The number of rotatable bonds is 5. The Balaban J connectivity index is 1.60. The Labute approximate surface area is 108 Å². The summed E-state index contributed by atoms with van der Waals surface area (Å²) >= 11 is 5.83. The zero-order valence-corrected chi connectivity index (χ0v) is 10.9. The summed E-state index contributed by atoms with van der Waals surface area (Å²) in [6, 6.07) is 8.50. The number of piperidine rings is 1. The zero-order valence-electron chi connectivity index (χ0n) is 10.1. The second-order valence-corrected chi connectivity index (χ2v) is 5.05. The highest BCUT2D eigenvalue weighted by Gasteiger charge is 2.11. The van der Waals surface area contributed by atoms with Gasteiger partial charge in [-0.2, -0.15) is 0 Å². The van der Waals surface area contributed by atoms with Crippen molar-refractivity contribution in [2.45, 2.75) is 38.3 Å². The van der Waals surface area contributed by atoms with Gasteiger partial charge in [0.1, 0.15) is 0 Å². The SMILES string of the molecule is Clc1ccc(COCC[C@@H]2CCCCN2)cc1. The molecule has 1 aromatic carbocycles. The molecule has 1 heterocycles. The van der Waals surface area contributed by atoms with Gasteiger partial charge in [0.2, 0.25) is 0 Å². The van der Waals surface area contributed by atoms with Gasteiger partial charge in [-0.3, -0.25) is 0 Å². The van der Waals surface area contributed by atoms with Gasteiger partial charge in [0, 0.05) is 17.7 Å². The first-order valence-electron chi connectivity index (χ1n) is 6.40. The number of halogens is 1. The smallest absolute Gasteiger partial charge is 0.0716 e. The van der Waals surface area contributed by atoms with E-state index in [1.165, 1.54) is 31.4 Å². The minimum atomic E-state index is 0.661. The maximum absolute atomic E-state index is 5.83. The van der Waals surface area contributed by atoms with E-state index in [4.69, 9.17) is 16.3 Å². The third-order valence-electron chi connectivity index (χ3n) is 3.21. The molecule has 1 fully saturated rings. The van der Waals surface area contributed by atoms with E-state index in [-0.39, 0.29) is 0 Å². The quantitative estimate of drug-likeness (QED) is 0.813. The van der Waals surface area contributed by atoms with Crippen LogP contribution in [0, 0.1) is 0 Å². The molecule has 0 radical (unpaired) electrons. The fraction of sp³-hybridized carbons (Fsp3) is 0.571. The van der Waals surface area contributed by atoms with E-state index in [1.54, 1.807) is 0 Å². The van der Waals surface area contributed by atoms with Crippen LogP contribution in [0.3, 0.4) is 0 Å². The predicted molar refractivity (Wildman–Crippen MR) is 71.4 cm³/mol. The van der Waals surface area contributed by atoms with Crippen molar-refractivity contribution in [3.05, 3.63) is 34.9 Å². The first-order chi connectivity index (χ1) is 8.34. The monoisotopic (exact) mass is 253 g/mol. The summed E-state index contributed by atoms with van der Waals surface area (Å²) in [4.78, 5) is 0. The highest BCUT2D eigenvalue weighted by atomic mass is 35.5. The van der Waals surface area contributed by atoms with Gasteiger partial charge in [-0.1, -0.05) is 30.2 Å². The van der Waals surface area contributed by atoms with Crippen LogP contribution in [0.4, 0.5) is 0 Å². The van der Waals surface area contributed by atoms with Gasteiger partial charge in [-0.15, -0.1) is 0 Å². The van der Waals surface area contributed by atoms with Crippen LogP contribution in [0.1, 0.15) is 31.2 Å². The van der Waals surface area contributed by atoms with Gasteiger partial charge in [0.15, 0.2) is 0 Å². The third-order valence-corrected chi connectivity index (χ3v) is 3.46. The molecule has 0 saturated carbocycles. The summed E-state index contributed by atoms with van der Waals surface area (Å²) in [7, 11) is 0. The van der Waals surface area contributed by atoms with E-state index in [0.29, 0.717) is 12.6 Å². The summed E-state index contributed by atoms with van der Waals surface area (Å²) in [6.45, 7) is 2.69. The van der Waals surface area contributed by atoms with Crippen LogP contribution in [-0.2, 0) is 11.3 Å². The van der Waals surface area contributed by atoms with E-state index in [2.05, 4.69) is 5.32 Å². The molecule has 94 valence electrons. The predicted octanol–water partition coefficient (Wildman–Crippen LogP) is 3.39. The highest BCUT2D eigenvalue weighted by molar-refractivity contribution is 6.30.